The highest BCUT2D eigenvalue weighted by Gasteiger charge is 2.18. The molecule has 0 saturated heterocycles. The molecule has 0 aliphatic carbocycles. The lowest BCUT2D eigenvalue weighted by molar-refractivity contribution is 0.600. The van der Waals surface area contributed by atoms with Crippen LogP contribution in [-0.4, -0.2) is 13.4 Å². The van der Waals surface area contributed by atoms with E-state index in [2.05, 4.69) is 9.71 Å². The Morgan fingerprint density at radius 1 is 1.26 bits per heavy atom. The van der Waals surface area contributed by atoms with Crippen LogP contribution >= 0.6 is 11.6 Å². The van der Waals surface area contributed by atoms with Crippen LogP contribution in [0.2, 0.25) is 5.02 Å². The summed E-state index contributed by atoms with van der Waals surface area (Å²) in [6, 6.07) is 5.92. The predicted molar refractivity (Wildman–Crippen MR) is 70.9 cm³/mol. The average Bonchev–Trinajstić information content (AvgIpc) is 2.31. The highest BCUT2D eigenvalue weighted by molar-refractivity contribution is 7.92. The van der Waals surface area contributed by atoms with E-state index in [1.165, 1.54) is 18.3 Å². The summed E-state index contributed by atoms with van der Waals surface area (Å²) >= 11 is 5.64. The lowest BCUT2D eigenvalue weighted by atomic mass is 10.3. The lowest BCUT2D eigenvalue weighted by Crippen LogP contribution is -2.15. The van der Waals surface area contributed by atoms with E-state index in [1.54, 1.807) is 0 Å². The molecule has 0 fully saturated rings. The average molecular weight is 302 g/mol. The maximum Gasteiger partial charge on any atom is 0.265 e. The summed E-state index contributed by atoms with van der Waals surface area (Å²) in [6.45, 7) is 0. The molecule has 1 aromatic heterocycles. The minimum atomic E-state index is -3.92. The Morgan fingerprint density at radius 2 is 2.00 bits per heavy atom. The Kier molecular flexibility index (Phi) is 3.59. The Balaban J connectivity index is 2.35. The number of rotatable bonds is 3. The Labute approximate surface area is 114 Å². The molecule has 19 heavy (non-hydrogen) atoms. The molecule has 1 aromatic carbocycles. The fraction of sp³-hybridized carbons (Fsp3) is 0. The monoisotopic (exact) mass is 301 g/mol. The van der Waals surface area contributed by atoms with Gasteiger partial charge in [0.25, 0.3) is 10.0 Å². The second-order valence-electron chi connectivity index (χ2n) is 3.65. The summed E-state index contributed by atoms with van der Waals surface area (Å²) in [6.07, 6.45) is 1.30. The molecule has 100 valence electrons. The van der Waals surface area contributed by atoms with Crippen molar-refractivity contribution in [1.29, 1.82) is 0 Å². The maximum atomic E-state index is 12.9. The van der Waals surface area contributed by atoms with Gasteiger partial charge in [0.1, 0.15) is 16.5 Å². The van der Waals surface area contributed by atoms with Crippen molar-refractivity contribution >= 4 is 33.1 Å². The number of halogens is 2. The minimum absolute atomic E-state index is 0.0909. The van der Waals surface area contributed by atoms with E-state index in [-0.39, 0.29) is 16.4 Å². The molecular formula is C11H9ClFN3O2S. The Bertz CT molecular complexity index is 704. The number of nitrogen functional groups attached to an aromatic ring is 1. The normalized spacial score (nSPS) is 11.3. The molecule has 0 saturated carbocycles. The number of hydrogen-bond donors (Lipinski definition) is 2. The van der Waals surface area contributed by atoms with Crippen molar-refractivity contribution in [3.8, 4) is 0 Å². The molecule has 1 heterocycles. The van der Waals surface area contributed by atoms with Gasteiger partial charge in [0.15, 0.2) is 0 Å². The molecule has 0 unspecified atom stereocenters. The molecule has 0 aliphatic heterocycles. The second-order valence-corrected chi connectivity index (χ2v) is 5.74. The number of anilines is 2. The number of pyridine rings is 1. The largest absolute Gasteiger partial charge is 0.398 e. The van der Waals surface area contributed by atoms with Crippen LogP contribution in [0.3, 0.4) is 0 Å². The molecule has 3 N–H and O–H groups in total. The summed E-state index contributed by atoms with van der Waals surface area (Å²) in [7, 11) is -3.92. The smallest absolute Gasteiger partial charge is 0.265 e. The molecule has 0 bridgehead atoms. The summed E-state index contributed by atoms with van der Waals surface area (Å²) in [5.41, 5.74) is 5.31. The van der Waals surface area contributed by atoms with Crippen LogP contribution in [0.15, 0.2) is 41.4 Å². The van der Waals surface area contributed by atoms with E-state index in [0.29, 0.717) is 5.02 Å². The van der Waals surface area contributed by atoms with E-state index in [4.69, 9.17) is 17.3 Å². The van der Waals surface area contributed by atoms with Gasteiger partial charge in [-0.2, -0.15) is 0 Å². The quantitative estimate of drug-likeness (QED) is 0.852. The zero-order valence-electron chi connectivity index (χ0n) is 9.47. The molecule has 0 atom stereocenters. The van der Waals surface area contributed by atoms with Gasteiger partial charge in [0, 0.05) is 6.20 Å². The first kappa shape index (κ1) is 13.6. The SMILES string of the molecule is Nc1cc(F)ccc1S(=O)(=O)Nc1ccc(Cl)cn1. The first-order chi connectivity index (χ1) is 8.88. The standard InChI is InChI=1S/C11H9ClFN3O2S/c12-7-1-4-11(15-6-7)16-19(17,18)10-3-2-8(13)5-9(10)14/h1-6H,14H2,(H,15,16). The van der Waals surface area contributed by atoms with Crippen molar-refractivity contribution in [2.45, 2.75) is 4.90 Å². The van der Waals surface area contributed by atoms with Crippen molar-refractivity contribution < 1.29 is 12.8 Å². The van der Waals surface area contributed by atoms with Gasteiger partial charge in [-0.15, -0.1) is 0 Å². The summed E-state index contributed by atoms with van der Waals surface area (Å²) in [5, 5.41) is 0.379. The number of hydrogen-bond acceptors (Lipinski definition) is 4. The van der Waals surface area contributed by atoms with Crippen molar-refractivity contribution in [1.82, 2.24) is 4.98 Å². The number of nitrogens with zero attached hydrogens (tertiary/aromatic N) is 1. The fourth-order valence-electron chi connectivity index (χ4n) is 1.39. The maximum absolute atomic E-state index is 12.9. The zero-order valence-corrected chi connectivity index (χ0v) is 11.0. The fourth-order valence-corrected chi connectivity index (χ4v) is 2.63. The molecule has 8 heteroatoms. The van der Waals surface area contributed by atoms with Crippen LogP contribution < -0.4 is 10.5 Å². The number of benzene rings is 1. The van der Waals surface area contributed by atoms with Gasteiger partial charge in [-0.1, -0.05) is 11.6 Å². The molecule has 0 radical (unpaired) electrons. The molecule has 2 aromatic rings. The van der Waals surface area contributed by atoms with Crippen molar-refractivity contribution in [3.63, 3.8) is 0 Å². The van der Waals surface area contributed by atoms with E-state index >= 15 is 0 Å². The van der Waals surface area contributed by atoms with Crippen LogP contribution in [0.1, 0.15) is 0 Å². The zero-order chi connectivity index (χ0) is 14.0. The van der Waals surface area contributed by atoms with E-state index in [1.807, 2.05) is 0 Å². The van der Waals surface area contributed by atoms with E-state index in [9.17, 15) is 12.8 Å². The third-order valence-corrected chi connectivity index (χ3v) is 3.88. The van der Waals surface area contributed by atoms with Crippen LogP contribution in [-0.2, 0) is 10.0 Å². The van der Waals surface area contributed by atoms with Gasteiger partial charge < -0.3 is 5.73 Å². The molecule has 0 aliphatic rings. The number of nitrogens with one attached hydrogen (secondary N) is 1. The number of aromatic nitrogens is 1. The first-order valence-corrected chi connectivity index (χ1v) is 6.94. The Hall–Kier alpha value is -1.86. The summed E-state index contributed by atoms with van der Waals surface area (Å²) in [5.74, 6) is -0.519. The number of nitrogens with two attached hydrogens (primary N) is 1. The minimum Gasteiger partial charge on any atom is -0.398 e. The van der Waals surface area contributed by atoms with Crippen molar-refractivity contribution in [2.75, 3.05) is 10.5 Å². The first-order valence-electron chi connectivity index (χ1n) is 5.08. The van der Waals surface area contributed by atoms with Crippen LogP contribution in [0.5, 0.6) is 0 Å². The molecule has 0 amide bonds. The van der Waals surface area contributed by atoms with Crippen LogP contribution in [0, 0.1) is 5.82 Å². The molecule has 5 nitrogen and oxygen atoms in total. The molecule has 0 spiro atoms. The number of sulfonamides is 1. The van der Waals surface area contributed by atoms with E-state index in [0.717, 1.165) is 18.2 Å². The van der Waals surface area contributed by atoms with Crippen molar-refractivity contribution in [2.24, 2.45) is 0 Å². The van der Waals surface area contributed by atoms with Gasteiger partial charge in [-0.3, -0.25) is 4.72 Å². The van der Waals surface area contributed by atoms with Gasteiger partial charge in [-0.05, 0) is 30.3 Å². The third-order valence-electron chi connectivity index (χ3n) is 2.23. The summed E-state index contributed by atoms with van der Waals surface area (Å²) < 4.78 is 39.2. The van der Waals surface area contributed by atoms with Crippen LogP contribution in [0.4, 0.5) is 15.9 Å². The topological polar surface area (TPSA) is 85.1 Å². The highest BCUT2D eigenvalue weighted by Crippen LogP contribution is 2.22. The highest BCUT2D eigenvalue weighted by atomic mass is 35.5. The van der Waals surface area contributed by atoms with E-state index < -0.39 is 15.8 Å². The van der Waals surface area contributed by atoms with Gasteiger partial charge in [0.05, 0.1) is 10.7 Å². The predicted octanol–water partition coefficient (Wildman–Crippen LogP) is 2.26. The second kappa shape index (κ2) is 5.02. The van der Waals surface area contributed by atoms with Crippen LogP contribution in [0.25, 0.3) is 0 Å². The van der Waals surface area contributed by atoms with Crippen molar-refractivity contribution in [3.05, 3.63) is 47.4 Å². The molecular weight excluding hydrogens is 293 g/mol. The Morgan fingerprint density at radius 3 is 2.58 bits per heavy atom. The van der Waals surface area contributed by atoms with Gasteiger partial charge in [-0.25, -0.2) is 17.8 Å². The van der Waals surface area contributed by atoms with Gasteiger partial charge >= 0.3 is 0 Å². The molecule has 2 rings (SSSR count). The van der Waals surface area contributed by atoms with Gasteiger partial charge in [0.2, 0.25) is 0 Å². The summed E-state index contributed by atoms with van der Waals surface area (Å²) in [4.78, 5) is 3.58. The lowest BCUT2D eigenvalue weighted by Gasteiger charge is -2.09. The third kappa shape index (κ3) is 3.12.